The molecule has 1 amide bonds. The zero-order chi connectivity index (χ0) is 9.47. The Bertz CT molecular complexity index is 261. The van der Waals surface area contributed by atoms with Crippen molar-refractivity contribution in [2.24, 2.45) is 0 Å². The van der Waals surface area contributed by atoms with Gasteiger partial charge in [-0.05, 0) is 25.9 Å². The fourth-order valence-electron chi connectivity index (χ4n) is 2.10. The number of carbonyl (C=O) groups excluding carboxylic acids is 1. The highest BCUT2D eigenvalue weighted by molar-refractivity contribution is 7.87. The summed E-state index contributed by atoms with van der Waals surface area (Å²) in [6.07, 6.45) is 1.64. The Morgan fingerprint density at radius 3 is 2.54 bits per heavy atom. The standard InChI is InChI=1S/C8H14N2O2S/c1-10-7(11)6-13(12)8(10)2-4-9-5-3-8/h9H,2-6H2,1H3. The molecule has 0 aromatic carbocycles. The molecule has 0 radical (unpaired) electrons. The molecule has 2 aliphatic heterocycles. The molecule has 1 N–H and O–H groups in total. The number of amides is 1. The minimum Gasteiger partial charge on any atom is -0.328 e. The molecule has 1 unspecified atom stereocenters. The van der Waals surface area contributed by atoms with Gasteiger partial charge in [-0.1, -0.05) is 0 Å². The maximum absolute atomic E-state index is 11.8. The van der Waals surface area contributed by atoms with Gasteiger partial charge < -0.3 is 10.2 Å². The van der Waals surface area contributed by atoms with E-state index in [-0.39, 0.29) is 16.5 Å². The maximum atomic E-state index is 11.8. The Kier molecular flexibility index (Phi) is 2.15. The highest BCUT2D eigenvalue weighted by Gasteiger charge is 2.49. The van der Waals surface area contributed by atoms with Crippen LogP contribution in [0.4, 0.5) is 0 Å². The van der Waals surface area contributed by atoms with Crippen molar-refractivity contribution in [3.8, 4) is 0 Å². The van der Waals surface area contributed by atoms with Gasteiger partial charge in [-0.25, -0.2) is 0 Å². The first-order valence-electron chi connectivity index (χ1n) is 4.53. The van der Waals surface area contributed by atoms with Gasteiger partial charge in [-0.2, -0.15) is 0 Å². The number of nitrogens with zero attached hydrogens (tertiary/aromatic N) is 1. The second kappa shape index (κ2) is 3.06. The molecule has 13 heavy (non-hydrogen) atoms. The van der Waals surface area contributed by atoms with Crippen LogP contribution in [0.25, 0.3) is 0 Å². The lowest BCUT2D eigenvalue weighted by molar-refractivity contribution is -0.129. The number of carbonyl (C=O) groups is 1. The predicted octanol–water partition coefficient (Wildman–Crippen LogP) is -0.713. The van der Waals surface area contributed by atoms with E-state index < -0.39 is 10.8 Å². The highest BCUT2D eigenvalue weighted by atomic mass is 32.2. The Hall–Kier alpha value is -0.420. The lowest BCUT2D eigenvalue weighted by Crippen LogP contribution is -2.52. The van der Waals surface area contributed by atoms with Crippen molar-refractivity contribution < 1.29 is 9.00 Å². The number of rotatable bonds is 0. The average molecular weight is 202 g/mol. The molecular formula is C8H14N2O2S. The van der Waals surface area contributed by atoms with Crippen LogP contribution in [-0.4, -0.2) is 45.8 Å². The molecule has 0 aliphatic carbocycles. The van der Waals surface area contributed by atoms with Crippen LogP contribution in [0.15, 0.2) is 0 Å². The van der Waals surface area contributed by atoms with Crippen molar-refractivity contribution in [2.45, 2.75) is 17.7 Å². The number of piperidine rings is 1. The molecule has 0 bridgehead atoms. The predicted molar refractivity (Wildman–Crippen MR) is 50.6 cm³/mol. The Balaban J connectivity index is 2.28. The molecule has 1 spiro atoms. The van der Waals surface area contributed by atoms with Crippen LogP contribution >= 0.6 is 0 Å². The lowest BCUT2D eigenvalue weighted by atomic mass is 10.0. The second-order valence-electron chi connectivity index (χ2n) is 3.64. The monoisotopic (exact) mass is 202 g/mol. The van der Waals surface area contributed by atoms with Crippen LogP contribution in [0.1, 0.15) is 12.8 Å². The van der Waals surface area contributed by atoms with Crippen molar-refractivity contribution in [2.75, 3.05) is 25.9 Å². The molecule has 0 saturated carbocycles. The van der Waals surface area contributed by atoms with E-state index in [0.29, 0.717) is 0 Å². The topological polar surface area (TPSA) is 49.4 Å². The molecule has 2 heterocycles. The summed E-state index contributed by atoms with van der Waals surface area (Å²) in [5.41, 5.74) is 0. The van der Waals surface area contributed by atoms with E-state index >= 15 is 0 Å². The highest BCUT2D eigenvalue weighted by Crippen LogP contribution is 2.33. The molecule has 0 aromatic rings. The Morgan fingerprint density at radius 1 is 1.46 bits per heavy atom. The summed E-state index contributed by atoms with van der Waals surface area (Å²) < 4.78 is 11.8. The van der Waals surface area contributed by atoms with Gasteiger partial charge >= 0.3 is 0 Å². The van der Waals surface area contributed by atoms with Crippen molar-refractivity contribution in [1.29, 1.82) is 0 Å². The molecule has 2 aliphatic rings. The number of nitrogens with one attached hydrogen (secondary N) is 1. The van der Waals surface area contributed by atoms with Gasteiger partial charge in [0.15, 0.2) is 0 Å². The summed E-state index contributed by atoms with van der Waals surface area (Å²) in [5.74, 6) is 0.247. The second-order valence-corrected chi connectivity index (χ2v) is 5.38. The largest absolute Gasteiger partial charge is 0.328 e. The summed E-state index contributed by atoms with van der Waals surface area (Å²) in [4.78, 5) is 12.7. The van der Waals surface area contributed by atoms with E-state index in [1.165, 1.54) is 0 Å². The van der Waals surface area contributed by atoms with Crippen molar-refractivity contribution in [3.05, 3.63) is 0 Å². The third-order valence-electron chi connectivity index (χ3n) is 3.05. The first-order chi connectivity index (χ1) is 6.17. The number of hydrogen-bond acceptors (Lipinski definition) is 3. The zero-order valence-corrected chi connectivity index (χ0v) is 8.52. The van der Waals surface area contributed by atoms with Crippen LogP contribution in [0.5, 0.6) is 0 Å². The van der Waals surface area contributed by atoms with E-state index in [1.807, 2.05) is 0 Å². The van der Waals surface area contributed by atoms with Crippen LogP contribution in [0, 0.1) is 0 Å². The Labute approximate surface area is 80.1 Å². The van der Waals surface area contributed by atoms with E-state index in [2.05, 4.69) is 5.32 Å². The number of hydrogen-bond donors (Lipinski definition) is 1. The maximum Gasteiger partial charge on any atom is 0.236 e. The van der Waals surface area contributed by atoms with Crippen LogP contribution in [0.2, 0.25) is 0 Å². The van der Waals surface area contributed by atoms with Crippen LogP contribution in [0.3, 0.4) is 0 Å². The normalized spacial score (nSPS) is 32.8. The zero-order valence-electron chi connectivity index (χ0n) is 7.71. The van der Waals surface area contributed by atoms with E-state index in [4.69, 9.17) is 0 Å². The van der Waals surface area contributed by atoms with Crippen molar-refractivity contribution in [3.63, 3.8) is 0 Å². The molecule has 2 saturated heterocycles. The van der Waals surface area contributed by atoms with Gasteiger partial charge in [-0.15, -0.1) is 0 Å². The molecule has 1 atom stereocenters. The van der Waals surface area contributed by atoms with Crippen LogP contribution < -0.4 is 5.32 Å². The minimum atomic E-state index is -0.992. The first-order valence-corrected chi connectivity index (χ1v) is 5.84. The molecule has 2 rings (SSSR count). The van der Waals surface area contributed by atoms with E-state index in [0.717, 1.165) is 25.9 Å². The minimum absolute atomic E-state index is 0.0280. The first kappa shape index (κ1) is 9.15. The fourth-order valence-corrected chi connectivity index (χ4v) is 3.86. The third-order valence-corrected chi connectivity index (χ3v) is 5.09. The van der Waals surface area contributed by atoms with Crippen molar-refractivity contribution >= 4 is 16.7 Å². The summed E-state index contributed by atoms with van der Waals surface area (Å²) in [7, 11) is 0.785. The smallest absolute Gasteiger partial charge is 0.236 e. The van der Waals surface area contributed by atoms with Gasteiger partial charge in [-0.3, -0.25) is 9.00 Å². The van der Waals surface area contributed by atoms with Gasteiger partial charge in [0.05, 0.1) is 10.8 Å². The summed E-state index contributed by atoms with van der Waals surface area (Å²) in [6.45, 7) is 1.73. The van der Waals surface area contributed by atoms with Gasteiger partial charge in [0.2, 0.25) is 5.91 Å². The summed E-state index contributed by atoms with van der Waals surface area (Å²) >= 11 is 0. The lowest BCUT2D eigenvalue weighted by Gasteiger charge is -2.37. The molecule has 2 fully saturated rings. The van der Waals surface area contributed by atoms with E-state index in [1.54, 1.807) is 11.9 Å². The average Bonchev–Trinajstić information content (AvgIpc) is 2.34. The summed E-state index contributed by atoms with van der Waals surface area (Å²) in [6, 6.07) is 0. The van der Waals surface area contributed by atoms with Crippen molar-refractivity contribution in [1.82, 2.24) is 10.2 Å². The SMILES string of the molecule is CN1C(=O)CS(=O)C12CCNCC2. The Morgan fingerprint density at radius 2 is 2.08 bits per heavy atom. The molecule has 74 valence electrons. The van der Waals surface area contributed by atoms with E-state index in [9.17, 15) is 9.00 Å². The molecular weight excluding hydrogens is 188 g/mol. The molecule has 5 heteroatoms. The third kappa shape index (κ3) is 1.21. The van der Waals surface area contributed by atoms with Gasteiger partial charge in [0.25, 0.3) is 0 Å². The quantitative estimate of drug-likeness (QED) is 0.564. The van der Waals surface area contributed by atoms with Gasteiger partial charge in [0, 0.05) is 7.05 Å². The molecule has 4 nitrogen and oxygen atoms in total. The fraction of sp³-hybridized carbons (Fsp3) is 0.875. The molecule has 0 aromatic heterocycles. The summed E-state index contributed by atoms with van der Waals surface area (Å²) in [5, 5.41) is 3.22. The van der Waals surface area contributed by atoms with Crippen LogP contribution in [-0.2, 0) is 15.6 Å². The van der Waals surface area contributed by atoms with Gasteiger partial charge in [0.1, 0.15) is 10.6 Å².